The van der Waals surface area contributed by atoms with Gasteiger partial charge in [0, 0.05) is 55.3 Å². The van der Waals surface area contributed by atoms with Gasteiger partial charge >= 0.3 is 0 Å². The first kappa shape index (κ1) is 29.3. The van der Waals surface area contributed by atoms with Crippen LogP contribution in [0.5, 0.6) is 0 Å². The van der Waals surface area contributed by atoms with Crippen molar-refractivity contribution in [2.45, 2.75) is 0 Å². The molecule has 12 aromatic rings. The Morgan fingerprint density at radius 1 is 0.389 bits per heavy atom. The Balaban J connectivity index is 1.02. The van der Waals surface area contributed by atoms with Gasteiger partial charge in [-0.3, -0.25) is 4.98 Å². The molecule has 0 radical (unpaired) electrons. The summed E-state index contributed by atoms with van der Waals surface area (Å²) in [5, 5.41) is 6.56. The van der Waals surface area contributed by atoms with E-state index in [2.05, 4.69) is 86.9 Å². The molecule has 54 heavy (non-hydrogen) atoms. The largest absolute Gasteiger partial charge is 0.456 e. The Labute approximate surface area is 304 Å². The monoisotopic (exact) mass is 701 g/mol. The van der Waals surface area contributed by atoms with Gasteiger partial charge in [0.05, 0.1) is 22.1 Å². The zero-order chi connectivity index (χ0) is 35.7. The summed E-state index contributed by atoms with van der Waals surface area (Å²) in [6.07, 6.45) is 1.80. The van der Waals surface area contributed by atoms with Gasteiger partial charge in [-0.15, -0.1) is 0 Å². The van der Waals surface area contributed by atoms with Crippen molar-refractivity contribution in [1.29, 1.82) is 0 Å². The van der Waals surface area contributed by atoms with Gasteiger partial charge in [0.25, 0.3) is 0 Å². The first-order chi connectivity index (χ1) is 26.6. The zero-order valence-electron chi connectivity index (χ0n) is 28.3. The summed E-state index contributed by atoms with van der Waals surface area (Å²) in [5.74, 6) is -0.723. The summed E-state index contributed by atoms with van der Waals surface area (Å²) < 4.78 is 45.6. The molecule has 5 nitrogen and oxygen atoms in total. The number of hydrogen-bond donors (Lipinski definition) is 0. The van der Waals surface area contributed by atoms with Crippen LogP contribution >= 0.6 is 0 Å². The number of aromatic nitrogens is 3. The van der Waals surface area contributed by atoms with Gasteiger partial charge in [-0.25, -0.2) is 8.78 Å². The van der Waals surface area contributed by atoms with Gasteiger partial charge in [0.15, 0.2) is 5.58 Å². The molecule has 0 bridgehead atoms. The third-order valence-electron chi connectivity index (χ3n) is 10.9. The van der Waals surface area contributed by atoms with E-state index in [4.69, 9.17) is 8.83 Å². The first-order valence-corrected chi connectivity index (χ1v) is 17.7. The van der Waals surface area contributed by atoms with Crippen molar-refractivity contribution in [2.24, 2.45) is 0 Å². The summed E-state index contributed by atoms with van der Waals surface area (Å²) in [4.78, 5) is 4.61. The van der Waals surface area contributed by atoms with Gasteiger partial charge < -0.3 is 18.0 Å². The SMILES string of the molecule is Fc1ccc2c(c1)c1cc(F)ccc1n2-c1ccc2oc3ccc(-c4ccc5c(c4)c4ccccc4n5-c4ccc5oc6cccnc6c5c4)cc3c2c1. The number of benzene rings is 7. The molecule has 0 spiro atoms. The maximum Gasteiger partial charge on any atom is 0.153 e. The van der Waals surface area contributed by atoms with Crippen LogP contribution in [-0.4, -0.2) is 14.1 Å². The lowest BCUT2D eigenvalue weighted by Crippen LogP contribution is -1.93. The van der Waals surface area contributed by atoms with Crippen LogP contribution in [0, 0.1) is 11.6 Å². The highest BCUT2D eigenvalue weighted by Crippen LogP contribution is 2.40. The van der Waals surface area contributed by atoms with E-state index in [0.717, 1.165) is 99.3 Å². The van der Waals surface area contributed by atoms with Crippen LogP contribution in [0.3, 0.4) is 0 Å². The Bertz CT molecular complexity index is 3490. The maximum absolute atomic E-state index is 14.4. The van der Waals surface area contributed by atoms with E-state index in [0.29, 0.717) is 10.8 Å². The molecule has 0 saturated heterocycles. The molecule has 0 amide bonds. The maximum atomic E-state index is 14.4. The quantitative estimate of drug-likeness (QED) is 0.184. The van der Waals surface area contributed by atoms with E-state index in [1.54, 1.807) is 18.3 Å². The highest BCUT2D eigenvalue weighted by Gasteiger charge is 2.18. The fraction of sp³-hybridized carbons (Fsp3) is 0. The van der Waals surface area contributed by atoms with Crippen LogP contribution in [-0.2, 0) is 0 Å². The number of para-hydroxylation sites is 1. The fourth-order valence-corrected chi connectivity index (χ4v) is 8.49. The van der Waals surface area contributed by atoms with E-state index in [1.807, 2.05) is 36.4 Å². The third kappa shape index (κ3) is 4.09. The molecule has 254 valence electrons. The van der Waals surface area contributed by atoms with Crippen molar-refractivity contribution < 1.29 is 17.6 Å². The average Bonchev–Trinajstić information content (AvgIpc) is 3.94. The fourth-order valence-electron chi connectivity index (χ4n) is 8.49. The third-order valence-corrected chi connectivity index (χ3v) is 10.9. The predicted octanol–water partition coefficient (Wildman–Crippen LogP) is 13.0. The minimum atomic E-state index is -0.362. The van der Waals surface area contributed by atoms with Crippen LogP contribution in [0.1, 0.15) is 0 Å². The number of fused-ring (bicyclic) bond motifs is 12. The lowest BCUT2D eigenvalue weighted by molar-refractivity contribution is 0.628. The molecule has 0 aliphatic carbocycles. The number of hydrogen-bond acceptors (Lipinski definition) is 3. The van der Waals surface area contributed by atoms with E-state index in [-0.39, 0.29) is 11.6 Å². The number of nitrogens with zero attached hydrogens (tertiary/aromatic N) is 3. The first-order valence-electron chi connectivity index (χ1n) is 17.7. The molecular formula is C47H25F2N3O2. The van der Waals surface area contributed by atoms with Gasteiger partial charge in [0.1, 0.15) is 33.9 Å². The molecule has 0 saturated carbocycles. The lowest BCUT2D eigenvalue weighted by Gasteiger charge is -2.09. The van der Waals surface area contributed by atoms with Crippen molar-refractivity contribution in [3.8, 4) is 22.5 Å². The van der Waals surface area contributed by atoms with Crippen molar-refractivity contribution in [3.63, 3.8) is 0 Å². The van der Waals surface area contributed by atoms with Gasteiger partial charge in [-0.05, 0) is 126 Å². The van der Waals surface area contributed by atoms with Gasteiger partial charge in [-0.1, -0.05) is 30.3 Å². The van der Waals surface area contributed by atoms with Gasteiger partial charge in [-0.2, -0.15) is 0 Å². The van der Waals surface area contributed by atoms with Crippen LogP contribution in [0.4, 0.5) is 8.78 Å². The van der Waals surface area contributed by atoms with Crippen molar-refractivity contribution in [1.82, 2.24) is 14.1 Å². The van der Waals surface area contributed by atoms with Crippen molar-refractivity contribution >= 4 is 87.6 Å². The summed E-state index contributed by atoms with van der Waals surface area (Å²) in [6.45, 7) is 0. The summed E-state index contributed by atoms with van der Waals surface area (Å²) in [5.41, 5.74) is 11.9. The summed E-state index contributed by atoms with van der Waals surface area (Å²) in [6, 6.07) is 47.0. The molecule has 5 heterocycles. The second-order valence-electron chi connectivity index (χ2n) is 13.9. The average molecular weight is 702 g/mol. The van der Waals surface area contributed by atoms with E-state index < -0.39 is 0 Å². The van der Waals surface area contributed by atoms with Crippen LogP contribution < -0.4 is 0 Å². The second kappa shape index (κ2) is 10.6. The molecule has 7 heteroatoms. The van der Waals surface area contributed by atoms with E-state index >= 15 is 0 Å². The predicted molar refractivity (Wildman–Crippen MR) is 213 cm³/mol. The Hall–Kier alpha value is -7.25. The molecule has 0 aliphatic heterocycles. The molecule has 0 unspecified atom stereocenters. The van der Waals surface area contributed by atoms with Crippen molar-refractivity contribution in [3.05, 3.63) is 163 Å². The second-order valence-corrected chi connectivity index (χ2v) is 13.9. The Kier molecular flexibility index (Phi) is 5.79. The molecule has 7 aromatic carbocycles. The molecule has 0 atom stereocenters. The summed E-state index contributed by atoms with van der Waals surface area (Å²) >= 11 is 0. The number of halogens is 2. The normalized spacial score (nSPS) is 12.3. The van der Waals surface area contributed by atoms with E-state index in [9.17, 15) is 8.78 Å². The Morgan fingerprint density at radius 2 is 0.907 bits per heavy atom. The molecular weight excluding hydrogens is 677 g/mol. The van der Waals surface area contributed by atoms with Crippen molar-refractivity contribution in [2.75, 3.05) is 0 Å². The smallest absolute Gasteiger partial charge is 0.153 e. The lowest BCUT2D eigenvalue weighted by atomic mass is 10.0. The molecule has 0 fully saturated rings. The molecule has 12 rings (SSSR count). The van der Waals surface area contributed by atoms with Crippen LogP contribution in [0.2, 0.25) is 0 Å². The highest BCUT2D eigenvalue weighted by atomic mass is 19.1. The minimum Gasteiger partial charge on any atom is -0.456 e. The zero-order valence-corrected chi connectivity index (χ0v) is 28.3. The van der Waals surface area contributed by atoms with Gasteiger partial charge in [0.2, 0.25) is 0 Å². The number of rotatable bonds is 3. The number of pyridine rings is 1. The van der Waals surface area contributed by atoms with Crippen LogP contribution in [0.25, 0.3) is 110 Å². The van der Waals surface area contributed by atoms with Crippen LogP contribution in [0.15, 0.2) is 161 Å². The van der Waals surface area contributed by atoms with E-state index in [1.165, 1.54) is 24.3 Å². The minimum absolute atomic E-state index is 0.362. The number of furan rings is 2. The highest BCUT2D eigenvalue weighted by molar-refractivity contribution is 6.13. The molecule has 0 N–H and O–H groups in total. The standard InChI is InChI=1S/C47H25F2N3O2/c48-28-9-14-41-34(22-28)35-23-29(49)10-15-42(35)52(41)30-11-17-44-37(24-30)36-21-27(8-16-43(36)53-44)26-7-13-40-33(20-26)32-4-1-2-5-39(32)51(40)31-12-18-45-38(25-31)47-46(54-45)6-3-19-50-47/h1-25H. The molecule has 5 aromatic heterocycles. The summed E-state index contributed by atoms with van der Waals surface area (Å²) in [7, 11) is 0. The molecule has 0 aliphatic rings. The topological polar surface area (TPSA) is 49.0 Å². The Morgan fingerprint density at radius 3 is 1.63 bits per heavy atom.